The van der Waals surface area contributed by atoms with Gasteiger partial charge in [0.05, 0.1) is 9.40 Å². The molecule has 0 aliphatic rings. The molecule has 0 aliphatic carbocycles. The average molecular weight is 308 g/mol. The van der Waals surface area contributed by atoms with Crippen LogP contribution < -0.4 is 0 Å². The van der Waals surface area contributed by atoms with Crippen LogP contribution in [0.25, 0.3) is 42.1 Å². The number of hydrogen-bond donors (Lipinski definition) is 0. The monoisotopic (exact) mass is 308 g/mol. The summed E-state index contributed by atoms with van der Waals surface area (Å²) in [6.07, 6.45) is 0. The molecule has 2 aromatic carbocycles. The quantitative estimate of drug-likeness (QED) is 0.313. The summed E-state index contributed by atoms with van der Waals surface area (Å²) in [5.41, 5.74) is 2.02. The van der Waals surface area contributed by atoms with Gasteiger partial charge in [-0.25, -0.2) is 0 Å². The van der Waals surface area contributed by atoms with E-state index in [-0.39, 0.29) is 0 Å². The van der Waals surface area contributed by atoms with Gasteiger partial charge in [-0.15, -0.1) is 22.7 Å². The maximum Gasteiger partial charge on any atom is 0.144 e. The van der Waals surface area contributed by atoms with E-state index in [0.29, 0.717) is 0 Å². The van der Waals surface area contributed by atoms with E-state index >= 15 is 0 Å². The van der Waals surface area contributed by atoms with E-state index < -0.39 is 0 Å². The van der Waals surface area contributed by atoms with Crippen molar-refractivity contribution in [3.05, 3.63) is 46.2 Å². The van der Waals surface area contributed by atoms with Crippen LogP contribution in [-0.4, -0.2) is 0 Å². The molecule has 0 N–H and O–H groups in total. The van der Waals surface area contributed by atoms with Crippen molar-refractivity contribution in [3.63, 3.8) is 0 Å². The Morgan fingerprint density at radius 3 is 2.29 bits per heavy atom. The molecular weight excluding hydrogens is 296 g/mol. The predicted octanol–water partition coefficient (Wildman–Crippen LogP) is 6.63. The number of para-hydroxylation sites is 1. The molecule has 21 heavy (non-hydrogen) atoms. The lowest BCUT2D eigenvalue weighted by molar-refractivity contribution is 0.673. The summed E-state index contributed by atoms with van der Waals surface area (Å²) in [4.78, 5) is 2.69. The second kappa shape index (κ2) is 3.87. The molecule has 1 nitrogen and oxygen atoms in total. The van der Waals surface area contributed by atoms with E-state index in [2.05, 4.69) is 44.2 Å². The number of fused-ring (bicyclic) bond motifs is 8. The Kier molecular flexibility index (Phi) is 2.17. The van der Waals surface area contributed by atoms with Gasteiger partial charge in [0.2, 0.25) is 0 Å². The summed E-state index contributed by atoms with van der Waals surface area (Å²) in [6, 6.07) is 12.9. The van der Waals surface area contributed by atoms with Gasteiger partial charge in [0, 0.05) is 31.3 Å². The molecule has 0 saturated heterocycles. The molecule has 0 amide bonds. The van der Waals surface area contributed by atoms with Crippen molar-refractivity contribution in [3.8, 4) is 0 Å². The number of benzene rings is 2. The first-order chi connectivity index (χ1) is 10.2. The Morgan fingerprint density at radius 2 is 1.48 bits per heavy atom. The van der Waals surface area contributed by atoms with Crippen molar-refractivity contribution in [2.45, 2.75) is 13.8 Å². The molecule has 5 aromatic rings. The van der Waals surface area contributed by atoms with Crippen LogP contribution in [0.3, 0.4) is 0 Å². The fraction of sp³-hybridized carbons (Fsp3) is 0.111. The zero-order valence-corrected chi connectivity index (χ0v) is 13.3. The van der Waals surface area contributed by atoms with Crippen LogP contribution in [0.2, 0.25) is 0 Å². The smallest absolute Gasteiger partial charge is 0.144 e. The molecular formula is C18H12OS2. The Labute approximate surface area is 129 Å². The van der Waals surface area contributed by atoms with Gasteiger partial charge in [0.25, 0.3) is 0 Å². The lowest BCUT2D eigenvalue weighted by atomic mass is 10.1. The molecule has 0 bridgehead atoms. The number of furan rings is 1. The molecule has 5 rings (SSSR count). The van der Waals surface area contributed by atoms with Crippen LogP contribution in [-0.2, 0) is 0 Å². The summed E-state index contributed by atoms with van der Waals surface area (Å²) in [5.74, 6) is 0. The standard InChI is InChI=1S/C18H12OS2/c1-9-7-12-15-11-5-3-4-6-14(11)19-16(15)13-8-10(2)21-18(13)17(12)20-9/h3-8H,1-2H3. The molecule has 0 fully saturated rings. The maximum atomic E-state index is 6.21. The molecule has 102 valence electrons. The number of hydrogen-bond acceptors (Lipinski definition) is 3. The van der Waals surface area contributed by atoms with Gasteiger partial charge >= 0.3 is 0 Å². The van der Waals surface area contributed by atoms with Crippen LogP contribution in [0.1, 0.15) is 9.75 Å². The minimum atomic E-state index is 0.981. The van der Waals surface area contributed by atoms with E-state index in [1.54, 1.807) is 0 Å². The predicted molar refractivity (Wildman–Crippen MR) is 94.0 cm³/mol. The molecule has 0 saturated carbocycles. The number of aryl methyl sites for hydroxylation is 2. The van der Waals surface area contributed by atoms with Crippen LogP contribution in [0.15, 0.2) is 40.8 Å². The van der Waals surface area contributed by atoms with Crippen molar-refractivity contribution in [2.24, 2.45) is 0 Å². The van der Waals surface area contributed by atoms with Gasteiger partial charge in [-0.05, 0) is 32.0 Å². The third-order valence-electron chi connectivity index (χ3n) is 4.03. The Hall–Kier alpha value is -1.84. The van der Waals surface area contributed by atoms with Gasteiger partial charge < -0.3 is 4.42 Å². The van der Waals surface area contributed by atoms with Crippen molar-refractivity contribution >= 4 is 64.8 Å². The zero-order valence-electron chi connectivity index (χ0n) is 11.7. The zero-order chi connectivity index (χ0) is 14.1. The first-order valence-corrected chi connectivity index (χ1v) is 8.59. The Bertz CT molecular complexity index is 1150. The number of thiophene rings is 2. The second-order valence-electron chi connectivity index (χ2n) is 5.50. The number of rotatable bonds is 0. The topological polar surface area (TPSA) is 13.1 Å². The summed E-state index contributed by atoms with van der Waals surface area (Å²) in [7, 11) is 0. The highest BCUT2D eigenvalue weighted by Gasteiger charge is 2.18. The molecule has 0 unspecified atom stereocenters. The summed E-state index contributed by atoms with van der Waals surface area (Å²) >= 11 is 3.76. The Balaban J connectivity index is 2.24. The molecule has 0 spiro atoms. The van der Waals surface area contributed by atoms with Crippen molar-refractivity contribution in [1.29, 1.82) is 0 Å². The minimum Gasteiger partial charge on any atom is -0.455 e. The molecule has 0 atom stereocenters. The van der Waals surface area contributed by atoms with E-state index in [4.69, 9.17) is 4.42 Å². The normalized spacial score (nSPS) is 12.3. The van der Waals surface area contributed by atoms with E-state index in [1.807, 2.05) is 28.7 Å². The van der Waals surface area contributed by atoms with E-state index in [9.17, 15) is 0 Å². The van der Waals surface area contributed by atoms with Crippen molar-refractivity contribution in [1.82, 2.24) is 0 Å². The lowest BCUT2D eigenvalue weighted by Crippen LogP contribution is -1.70. The van der Waals surface area contributed by atoms with E-state index in [0.717, 1.165) is 11.2 Å². The third kappa shape index (κ3) is 1.45. The van der Waals surface area contributed by atoms with Crippen LogP contribution in [0.4, 0.5) is 0 Å². The van der Waals surface area contributed by atoms with Gasteiger partial charge in [-0.2, -0.15) is 0 Å². The molecule has 0 aliphatic heterocycles. The summed E-state index contributed by atoms with van der Waals surface area (Å²) in [6.45, 7) is 4.36. The van der Waals surface area contributed by atoms with Crippen molar-refractivity contribution < 1.29 is 4.42 Å². The molecule has 3 aromatic heterocycles. The van der Waals surface area contributed by atoms with Gasteiger partial charge in [-0.3, -0.25) is 0 Å². The fourth-order valence-corrected chi connectivity index (χ4v) is 5.41. The highest BCUT2D eigenvalue weighted by Crippen LogP contribution is 2.46. The van der Waals surface area contributed by atoms with Crippen LogP contribution in [0, 0.1) is 13.8 Å². The first kappa shape index (κ1) is 11.8. The third-order valence-corrected chi connectivity index (χ3v) is 6.29. The summed E-state index contributed by atoms with van der Waals surface area (Å²) < 4.78 is 8.98. The lowest BCUT2D eigenvalue weighted by Gasteiger charge is -1.96. The van der Waals surface area contributed by atoms with Gasteiger partial charge in [-0.1, -0.05) is 18.2 Å². The summed E-state index contributed by atoms with van der Waals surface area (Å²) in [5, 5.41) is 5.10. The molecule has 3 heterocycles. The highest BCUT2D eigenvalue weighted by molar-refractivity contribution is 7.27. The van der Waals surface area contributed by atoms with Crippen LogP contribution >= 0.6 is 22.7 Å². The maximum absolute atomic E-state index is 6.21. The average Bonchev–Trinajstić information content (AvgIpc) is 3.11. The van der Waals surface area contributed by atoms with Crippen LogP contribution in [0.5, 0.6) is 0 Å². The molecule has 0 radical (unpaired) electrons. The Morgan fingerprint density at radius 1 is 0.810 bits per heavy atom. The highest BCUT2D eigenvalue weighted by atomic mass is 32.1. The first-order valence-electron chi connectivity index (χ1n) is 6.96. The SMILES string of the molecule is Cc1cc2c3oc4ccccc4c3c3cc(C)sc3c2s1. The fourth-order valence-electron chi connectivity index (χ4n) is 3.22. The second-order valence-corrected chi connectivity index (χ2v) is 8.01. The molecule has 3 heteroatoms. The van der Waals surface area contributed by atoms with E-state index in [1.165, 1.54) is 40.7 Å². The van der Waals surface area contributed by atoms with Gasteiger partial charge in [0.1, 0.15) is 11.2 Å². The minimum absolute atomic E-state index is 0.981. The van der Waals surface area contributed by atoms with Gasteiger partial charge in [0.15, 0.2) is 0 Å². The van der Waals surface area contributed by atoms with Crippen molar-refractivity contribution in [2.75, 3.05) is 0 Å². The largest absolute Gasteiger partial charge is 0.455 e.